The average molecular weight is 356 g/mol. The molecule has 0 aromatic heterocycles. The highest BCUT2D eigenvalue weighted by Gasteiger charge is 2.37. The number of carbonyl (C=O) groups excluding carboxylic acids is 1. The van der Waals surface area contributed by atoms with Crippen molar-refractivity contribution in [1.82, 2.24) is 5.32 Å². The summed E-state index contributed by atoms with van der Waals surface area (Å²) in [5, 5.41) is 3.41. The Hall–Kier alpha value is -2.27. The average Bonchev–Trinajstić information content (AvgIpc) is 2.61. The Balaban J connectivity index is 1.38. The quantitative estimate of drug-likeness (QED) is 0.898. The lowest BCUT2D eigenvalue weighted by Gasteiger charge is -2.41. The first-order chi connectivity index (χ1) is 12.6. The van der Waals surface area contributed by atoms with E-state index in [-0.39, 0.29) is 35.5 Å². The maximum Gasteiger partial charge on any atom is 0.244 e. The molecule has 2 fully saturated rings. The summed E-state index contributed by atoms with van der Waals surface area (Å²) in [5.74, 6) is -0.397. The van der Waals surface area contributed by atoms with Crippen LogP contribution in [0, 0.1) is 11.6 Å². The number of amides is 1. The van der Waals surface area contributed by atoms with Crippen molar-refractivity contribution in [3.63, 3.8) is 0 Å². The molecule has 1 heterocycles. The number of para-hydroxylation sites is 1. The molecule has 1 saturated carbocycles. The van der Waals surface area contributed by atoms with Crippen LogP contribution in [0.1, 0.15) is 37.2 Å². The zero-order valence-electron chi connectivity index (χ0n) is 14.5. The first-order valence-electron chi connectivity index (χ1n) is 9.20. The van der Waals surface area contributed by atoms with Crippen LogP contribution in [0.5, 0.6) is 0 Å². The summed E-state index contributed by atoms with van der Waals surface area (Å²) in [6.45, 7) is 0.542. The molecule has 5 heteroatoms. The Labute approximate surface area is 152 Å². The molecule has 1 N–H and O–H groups in total. The summed E-state index contributed by atoms with van der Waals surface area (Å²) in [7, 11) is 0. The molecule has 1 amide bonds. The molecule has 26 heavy (non-hydrogen) atoms. The van der Waals surface area contributed by atoms with E-state index in [0.29, 0.717) is 12.2 Å². The number of hydrogen-bond donors (Lipinski definition) is 1. The standard InChI is InChI=1S/C21H22F2N2O/c22-17-7-2-1-6-16(17)14-12-15(13-14)24-19-9-5-11-25(21(19)26)20-10-4-3-8-18(20)23/h1-4,6-8,10,14-15,19,24H,5,9,11-13H2. The van der Waals surface area contributed by atoms with Crippen LogP contribution in [0.25, 0.3) is 0 Å². The molecule has 0 bridgehead atoms. The van der Waals surface area contributed by atoms with Crippen molar-refractivity contribution >= 4 is 11.6 Å². The number of nitrogens with zero attached hydrogens (tertiary/aromatic N) is 1. The Bertz CT molecular complexity index is 804. The van der Waals surface area contributed by atoms with Crippen molar-refractivity contribution in [1.29, 1.82) is 0 Å². The fraction of sp³-hybridized carbons (Fsp3) is 0.381. The molecule has 1 saturated heterocycles. The van der Waals surface area contributed by atoms with Gasteiger partial charge < -0.3 is 10.2 Å². The lowest BCUT2D eigenvalue weighted by atomic mass is 9.75. The van der Waals surface area contributed by atoms with Gasteiger partial charge in [0, 0.05) is 12.6 Å². The van der Waals surface area contributed by atoms with Crippen molar-refractivity contribution in [2.24, 2.45) is 0 Å². The monoisotopic (exact) mass is 356 g/mol. The molecule has 2 aromatic rings. The Morgan fingerprint density at radius 1 is 0.962 bits per heavy atom. The van der Waals surface area contributed by atoms with Crippen LogP contribution in [0.4, 0.5) is 14.5 Å². The predicted octanol–water partition coefficient (Wildman–Crippen LogP) is 4.00. The van der Waals surface area contributed by atoms with Gasteiger partial charge in [0.2, 0.25) is 5.91 Å². The number of rotatable bonds is 4. The summed E-state index contributed by atoms with van der Waals surface area (Å²) in [5.41, 5.74) is 1.11. The number of anilines is 1. The van der Waals surface area contributed by atoms with E-state index in [1.165, 1.54) is 12.1 Å². The first kappa shape index (κ1) is 17.2. The Morgan fingerprint density at radius 2 is 1.65 bits per heavy atom. The summed E-state index contributed by atoms with van der Waals surface area (Å²) < 4.78 is 27.9. The number of carbonyl (C=O) groups is 1. The number of benzene rings is 2. The third kappa shape index (κ3) is 3.23. The van der Waals surface area contributed by atoms with Gasteiger partial charge in [0.15, 0.2) is 0 Å². The van der Waals surface area contributed by atoms with Crippen LogP contribution >= 0.6 is 0 Å². The van der Waals surface area contributed by atoms with Crippen LogP contribution in [0.3, 0.4) is 0 Å². The van der Waals surface area contributed by atoms with Gasteiger partial charge in [0.25, 0.3) is 0 Å². The van der Waals surface area contributed by atoms with Gasteiger partial charge in [0.1, 0.15) is 11.6 Å². The maximum absolute atomic E-state index is 14.0. The molecule has 1 aliphatic carbocycles. The van der Waals surface area contributed by atoms with Crippen molar-refractivity contribution in [3.8, 4) is 0 Å². The van der Waals surface area contributed by atoms with Crippen LogP contribution in [-0.4, -0.2) is 24.5 Å². The van der Waals surface area contributed by atoms with Crippen LogP contribution < -0.4 is 10.2 Å². The minimum atomic E-state index is -0.371. The predicted molar refractivity (Wildman–Crippen MR) is 97.1 cm³/mol. The molecule has 1 atom stereocenters. The second kappa shape index (κ2) is 7.16. The SMILES string of the molecule is O=C1C(NC2CC(c3ccccc3F)C2)CCCN1c1ccccc1F. The van der Waals surface area contributed by atoms with E-state index >= 15 is 0 Å². The van der Waals surface area contributed by atoms with Gasteiger partial charge >= 0.3 is 0 Å². The summed E-state index contributed by atoms with van der Waals surface area (Å²) in [6, 6.07) is 13.2. The number of piperidine rings is 1. The van der Waals surface area contributed by atoms with Crippen molar-refractivity contribution in [2.45, 2.75) is 43.7 Å². The fourth-order valence-electron chi connectivity index (χ4n) is 4.04. The summed E-state index contributed by atoms with van der Waals surface area (Å²) in [4.78, 5) is 14.3. The van der Waals surface area contributed by atoms with Crippen LogP contribution in [0.2, 0.25) is 0 Å². The van der Waals surface area contributed by atoms with E-state index in [1.54, 1.807) is 29.2 Å². The Morgan fingerprint density at radius 3 is 2.38 bits per heavy atom. The summed E-state index contributed by atoms with van der Waals surface area (Å²) in [6.07, 6.45) is 3.24. The molecule has 4 rings (SSSR count). The molecular formula is C21H22F2N2O. The van der Waals surface area contributed by atoms with E-state index in [9.17, 15) is 13.6 Å². The minimum absolute atomic E-state index is 0.0734. The van der Waals surface area contributed by atoms with E-state index in [1.807, 2.05) is 12.1 Å². The second-order valence-corrected chi connectivity index (χ2v) is 7.19. The number of hydrogen-bond acceptors (Lipinski definition) is 2. The van der Waals surface area contributed by atoms with Gasteiger partial charge in [-0.3, -0.25) is 4.79 Å². The van der Waals surface area contributed by atoms with Crippen LogP contribution in [0.15, 0.2) is 48.5 Å². The van der Waals surface area contributed by atoms with Gasteiger partial charge in [-0.15, -0.1) is 0 Å². The van der Waals surface area contributed by atoms with Crippen molar-refractivity contribution in [2.75, 3.05) is 11.4 Å². The molecular weight excluding hydrogens is 334 g/mol. The highest BCUT2D eigenvalue weighted by molar-refractivity contribution is 5.98. The third-order valence-corrected chi connectivity index (χ3v) is 5.50. The lowest BCUT2D eigenvalue weighted by Crippen LogP contribution is -2.56. The Kier molecular flexibility index (Phi) is 4.72. The molecule has 136 valence electrons. The fourth-order valence-corrected chi connectivity index (χ4v) is 4.04. The van der Waals surface area contributed by atoms with Gasteiger partial charge in [-0.25, -0.2) is 8.78 Å². The molecule has 2 aromatic carbocycles. The summed E-state index contributed by atoms with van der Waals surface area (Å²) >= 11 is 0. The molecule has 2 aliphatic rings. The van der Waals surface area contributed by atoms with Gasteiger partial charge in [0.05, 0.1) is 11.7 Å². The highest BCUT2D eigenvalue weighted by Crippen LogP contribution is 2.38. The molecule has 0 spiro atoms. The minimum Gasteiger partial charge on any atom is -0.308 e. The molecule has 1 unspecified atom stereocenters. The van der Waals surface area contributed by atoms with E-state index in [4.69, 9.17) is 0 Å². The zero-order valence-corrected chi connectivity index (χ0v) is 14.5. The van der Waals surface area contributed by atoms with E-state index in [0.717, 1.165) is 31.2 Å². The zero-order chi connectivity index (χ0) is 18.1. The topological polar surface area (TPSA) is 32.3 Å². The maximum atomic E-state index is 14.0. The third-order valence-electron chi connectivity index (χ3n) is 5.50. The van der Waals surface area contributed by atoms with Crippen LogP contribution in [-0.2, 0) is 4.79 Å². The largest absolute Gasteiger partial charge is 0.308 e. The van der Waals surface area contributed by atoms with Gasteiger partial charge in [-0.05, 0) is 55.4 Å². The smallest absolute Gasteiger partial charge is 0.244 e. The molecule has 3 nitrogen and oxygen atoms in total. The normalized spacial score (nSPS) is 25.8. The highest BCUT2D eigenvalue weighted by atomic mass is 19.1. The van der Waals surface area contributed by atoms with E-state index < -0.39 is 0 Å². The van der Waals surface area contributed by atoms with Gasteiger partial charge in [-0.2, -0.15) is 0 Å². The van der Waals surface area contributed by atoms with Gasteiger partial charge in [-0.1, -0.05) is 30.3 Å². The van der Waals surface area contributed by atoms with Crippen molar-refractivity contribution in [3.05, 3.63) is 65.7 Å². The number of nitrogens with one attached hydrogen (secondary N) is 1. The van der Waals surface area contributed by atoms with E-state index in [2.05, 4.69) is 5.32 Å². The lowest BCUT2D eigenvalue weighted by molar-refractivity contribution is -0.122. The second-order valence-electron chi connectivity index (χ2n) is 7.19. The molecule has 0 radical (unpaired) electrons. The number of halogens is 2. The first-order valence-corrected chi connectivity index (χ1v) is 9.20. The van der Waals surface area contributed by atoms with Crippen molar-refractivity contribution < 1.29 is 13.6 Å². The molecule has 1 aliphatic heterocycles.